The lowest BCUT2D eigenvalue weighted by Gasteiger charge is -2.07. The van der Waals surface area contributed by atoms with Crippen LogP contribution in [0.2, 0.25) is 5.02 Å². The van der Waals surface area contributed by atoms with Crippen LogP contribution in [0.5, 0.6) is 0 Å². The normalized spacial score (nSPS) is 10.1. The second kappa shape index (κ2) is 4.80. The molecule has 0 aliphatic carbocycles. The molecule has 2 rings (SSSR count). The monoisotopic (exact) mass is 325 g/mol. The number of aromatic amines is 1. The van der Waals surface area contributed by atoms with Gasteiger partial charge in [-0.2, -0.15) is 5.26 Å². The summed E-state index contributed by atoms with van der Waals surface area (Å²) in [5.74, 6) is 0. The molecular formula is C11H5BrClN3O2. The van der Waals surface area contributed by atoms with Gasteiger partial charge in [0.1, 0.15) is 11.6 Å². The van der Waals surface area contributed by atoms with E-state index in [0.29, 0.717) is 10.7 Å². The highest BCUT2D eigenvalue weighted by Gasteiger charge is 2.09. The first-order valence-corrected chi connectivity index (χ1v) is 5.91. The Kier molecular flexibility index (Phi) is 3.36. The third kappa shape index (κ3) is 2.23. The maximum Gasteiger partial charge on any atom is 0.333 e. The van der Waals surface area contributed by atoms with Gasteiger partial charge in [0.15, 0.2) is 0 Å². The van der Waals surface area contributed by atoms with Crippen molar-refractivity contribution in [2.24, 2.45) is 0 Å². The van der Waals surface area contributed by atoms with Gasteiger partial charge in [0.05, 0.1) is 10.7 Å². The Morgan fingerprint density at radius 3 is 2.78 bits per heavy atom. The largest absolute Gasteiger partial charge is 0.333 e. The molecule has 1 heterocycles. The Balaban J connectivity index is 2.80. The second-order valence-corrected chi connectivity index (χ2v) is 4.70. The van der Waals surface area contributed by atoms with Crippen LogP contribution >= 0.6 is 27.5 Å². The Hall–Kier alpha value is -1.84. The van der Waals surface area contributed by atoms with Crippen LogP contribution in [0, 0.1) is 11.3 Å². The average molecular weight is 327 g/mol. The zero-order valence-electron chi connectivity index (χ0n) is 8.78. The Bertz CT molecular complexity index is 773. The molecule has 0 saturated heterocycles. The van der Waals surface area contributed by atoms with Crippen molar-refractivity contribution in [2.75, 3.05) is 0 Å². The number of benzene rings is 1. The molecule has 0 spiro atoms. The first-order chi connectivity index (χ1) is 8.52. The first-order valence-electron chi connectivity index (χ1n) is 4.74. The minimum Gasteiger partial charge on any atom is -0.273 e. The molecule has 0 unspecified atom stereocenters. The summed E-state index contributed by atoms with van der Waals surface area (Å²) in [6, 6.07) is 6.64. The summed E-state index contributed by atoms with van der Waals surface area (Å²) in [7, 11) is 0. The summed E-state index contributed by atoms with van der Waals surface area (Å²) in [6.07, 6.45) is 1.16. The van der Waals surface area contributed by atoms with Crippen molar-refractivity contribution in [1.29, 1.82) is 5.26 Å². The van der Waals surface area contributed by atoms with Gasteiger partial charge < -0.3 is 0 Å². The number of hydrogen-bond acceptors (Lipinski definition) is 3. The number of nitrogens with zero attached hydrogens (tertiary/aromatic N) is 2. The van der Waals surface area contributed by atoms with Crippen LogP contribution in [0.3, 0.4) is 0 Å². The zero-order valence-corrected chi connectivity index (χ0v) is 11.1. The van der Waals surface area contributed by atoms with Crippen molar-refractivity contribution < 1.29 is 0 Å². The number of nitrogens with one attached hydrogen (secondary N) is 1. The van der Waals surface area contributed by atoms with Crippen molar-refractivity contribution in [3.63, 3.8) is 0 Å². The number of aromatic nitrogens is 2. The molecule has 5 nitrogen and oxygen atoms in total. The Morgan fingerprint density at radius 1 is 1.39 bits per heavy atom. The van der Waals surface area contributed by atoms with Crippen molar-refractivity contribution in [1.82, 2.24) is 9.55 Å². The third-order valence-corrected chi connectivity index (χ3v) is 3.04. The molecule has 1 aromatic carbocycles. The van der Waals surface area contributed by atoms with E-state index in [9.17, 15) is 9.59 Å². The predicted octanol–water partition coefficient (Wildman–Crippen LogP) is 1.81. The fraction of sp³-hybridized carbons (Fsp3) is 0. The van der Waals surface area contributed by atoms with Gasteiger partial charge in [0, 0.05) is 10.7 Å². The molecule has 0 bridgehead atoms. The number of hydrogen-bond donors (Lipinski definition) is 1. The zero-order chi connectivity index (χ0) is 13.3. The van der Waals surface area contributed by atoms with Gasteiger partial charge in [-0.15, -0.1) is 0 Å². The Morgan fingerprint density at radius 2 is 2.11 bits per heavy atom. The average Bonchev–Trinajstić information content (AvgIpc) is 2.33. The van der Waals surface area contributed by atoms with E-state index in [1.165, 1.54) is 0 Å². The highest BCUT2D eigenvalue weighted by Crippen LogP contribution is 2.23. The van der Waals surface area contributed by atoms with Gasteiger partial charge in [-0.05, 0) is 18.2 Å². The summed E-state index contributed by atoms with van der Waals surface area (Å²) in [5.41, 5.74) is -1.15. The van der Waals surface area contributed by atoms with Crippen LogP contribution in [0.15, 0.2) is 38.5 Å². The fourth-order valence-corrected chi connectivity index (χ4v) is 1.96. The molecule has 0 aliphatic heterocycles. The van der Waals surface area contributed by atoms with Crippen molar-refractivity contribution in [3.8, 4) is 11.8 Å². The predicted molar refractivity (Wildman–Crippen MR) is 70.1 cm³/mol. The summed E-state index contributed by atoms with van der Waals surface area (Å²) >= 11 is 9.24. The number of rotatable bonds is 1. The molecule has 90 valence electrons. The lowest BCUT2D eigenvalue weighted by Crippen LogP contribution is -2.30. The van der Waals surface area contributed by atoms with Gasteiger partial charge in [-0.25, -0.2) is 4.79 Å². The molecule has 7 heteroatoms. The van der Waals surface area contributed by atoms with E-state index in [-0.39, 0.29) is 5.56 Å². The minimum absolute atomic E-state index is 0.161. The van der Waals surface area contributed by atoms with E-state index in [1.54, 1.807) is 24.3 Å². The quantitative estimate of drug-likeness (QED) is 0.868. The molecule has 0 fully saturated rings. The molecule has 2 aromatic rings. The molecule has 1 aromatic heterocycles. The van der Waals surface area contributed by atoms with Crippen LogP contribution in [0.25, 0.3) is 5.69 Å². The number of halogens is 2. The van der Waals surface area contributed by atoms with Crippen LogP contribution in [0.4, 0.5) is 0 Å². The molecule has 0 aliphatic rings. The highest BCUT2D eigenvalue weighted by atomic mass is 79.9. The summed E-state index contributed by atoms with van der Waals surface area (Å²) in [5, 5.41) is 9.11. The second-order valence-electron chi connectivity index (χ2n) is 3.38. The van der Waals surface area contributed by atoms with Crippen LogP contribution < -0.4 is 11.2 Å². The summed E-state index contributed by atoms with van der Waals surface area (Å²) < 4.78 is 1.84. The fourth-order valence-electron chi connectivity index (χ4n) is 1.40. The van der Waals surface area contributed by atoms with E-state index < -0.39 is 11.2 Å². The molecule has 0 radical (unpaired) electrons. The smallest absolute Gasteiger partial charge is 0.273 e. The lowest BCUT2D eigenvalue weighted by molar-refractivity contribution is 0.889. The van der Waals surface area contributed by atoms with Crippen LogP contribution in [-0.4, -0.2) is 9.55 Å². The van der Waals surface area contributed by atoms with Crippen molar-refractivity contribution >= 4 is 27.5 Å². The van der Waals surface area contributed by atoms with Crippen LogP contribution in [-0.2, 0) is 0 Å². The van der Waals surface area contributed by atoms with Crippen molar-refractivity contribution in [2.45, 2.75) is 0 Å². The lowest BCUT2D eigenvalue weighted by atomic mass is 10.3. The maximum absolute atomic E-state index is 11.7. The molecule has 18 heavy (non-hydrogen) atoms. The summed E-state index contributed by atoms with van der Waals surface area (Å²) in [6.45, 7) is 0. The highest BCUT2D eigenvalue weighted by molar-refractivity contribution is 9.10. The molecule has 0 amide bonds. The first kappa shape index (κ1) is 12.6. The van der Waals surface area contributed by atoms with Crippen molar-refractivity contribution in [3.05, 3.63) is 60.3 Å². The van der Waals surface area contributed by atoms with Crippen LogP contribution in [0.1, 0.15) is 5.56 Å². The molecular weight excluding hydrogens is 321 g/mol. The molecule has 0 atom stereocenters. The topological polar surface area (TPSA) is 78.7 Å². The van der Waals surface area contributed by atoms with Gasteiger partial charge in [-0.1, -0.05) is 27.5 Å². The van der Waals surface area contributed by atoms with E-state index in [4.69, 9.17) is 16.9 Å². The Labute approximate surface area is 114 Å². The SMILES string of the molecule is N#Cc1cn(-c2cc(Br)ccc2Cl)c(=O)[nH]c1=O. The van der Waals surface area contributed by atoms with E-state index in [1.807, 2.05) is 0 Å². The summed E-state index contributed by atoms with van der Waals surface area (Å²) in [4.78, 5) is 25.0. The third-order valence-electron chi connectivity index (χ3n) is 2.23. The van der Waals surface area contributed by atoms with Gasteiger partial charge in [0.2, 0.25) is 0 Å². The molecule has 1 N–H and O–H groups in total. The number of H-pyrrole nitrogens is 1. The van der Waals surface area contributed by atoms with E-state index in [0.717, 1.165) is 15.2 Å². The van der Waals surface area contributed by atoms with Gasteiger partial charge in [0.25, 0.3) is 5.56 Å². The van der Waals surface area contributed by atoms with E-state index >= 15 is 0 Å². The number of nitriles is 1. The van der Waals surface area contributed by atoms with Gasteiger partial charge in [-0.3, -0.25) is 14.3 Å². The minimum atomic E-state index is -0.718. The van der Waals surface area contributed by atoms with Gasteiger partial charge >= 0.3 is 5.69 Å². The van der Waals surface area contributed by atoms with E-state index in [2.05, 4.69) is 20.9 Å². The molecule has 0 saturated carbocycles. The maximum atomic E-state index is 11.7. The standard InChI is InChI=1S/C11H5BrClN3O2/c12-7-1-2-8(13)9(3-7)16-5-6(4-14)10(17)15-11(16)18/h1-3,5H,(H,15,17,18).